The molecule has 0 aromatic heterocycles. The Labute approximate surface area is 167 Å². The van der Waals surface area contributed by atoms with Crippen LogP contribution in [0.15, 0.2) is 36.4 Å². The van der Waals surface area contributed by atoms with Crippen molar-refractivity contribution in [2.24, 2.45) is 0 Å². The number of benzene rings is 2. The molecule has 0 atom stereocenters. The zero-order valence-corrected chi connectivity index (χ0v) is 16.2. The Morgan fingerprint density at radius 1 is 1.07 bits per heavy atom. The number of hydrogen-bond donors (Lipinski definition) is 1. The third kappa shape index (κ3) is 4.26. The largest absolute Gasteiger partial charge is 0.454 e. The molecule has 0 amide bonds. The van der Waals surface area contributed by atoms with Crippen LogP contribution in [0.2, 0.25) is 5.02 Å². The van der Waals surface area contributed by atoms with Crippen molar-refractivity contribution in [3.63, 3.8) is 0 Å². The molecule has 4 rings (SSSR count). The number of halogens is 2. The topological polar surface area (TPSA) is 37.0 Å². The van der Waals surface area contributed by atoms with Gasteiger partial charge in [0.1, 0.15) is 5.82 Å². The molecule has 0 radical (unpaired) electrons. The molecule has 1 saturated heterocycles. The van der Waals surface area contributed by atoms with E-state index in [9.17, 15) is 4.39 Å². The number of nitrogens with one attached hydrogen (secondary N) is 1. The lowest BCUT2D eigenvalue weighted by molar-refractivity contribution is 0.173. The summed E-state index contributed by atoms with van der Waals surface area (Å²) in [5, 5.41) is 3.78. The molecule has 0 saturated carbocycles. The maximum Gasteiger partial charge on any atom is 0.231 e. The highest BCUT2D eigenvalue weighted by molar-refractivity contribution is 7.80. The summed E-state index contributed by atoms with van der Waals surface area (Å²) in [6.07, 6.45) is 0. The van der Waals surface area contributed by atoms with Crippen LogP contribution in [-0.4, -0.2) is 47.9 Å². The third-order valence-corrected chi connectivity index (χ3v) is 5.34. The lowest BCUT2D eigenvalue weighted by atomic mass is 10.1. The Morgan fingerprint density at radius 2 is 1.85 bits per heavy atom. The van der Waals surface area contributed by atoms with Gasteiger partial charge in [0.2, 0.25) is 6.79 Å². The van der Waals surface area contributed by atoms with Gasteiger partial charge in [-0.3, -0.25) is 4.90 Å². The van der Waals surface area contributed by atoms with Gasteiger partial charge in [0.25, 0.3) is 0 Å². The SMILES string of the molecule is Fc1cc(NC(=S)N2CCN(Cc3ccc4c(c3)OCO4)CC2)ccc1Cl. The van der Waals surface area contributed by atoms with Crippen LogP contribution < -0.4 is 14.8 Å². The minimum Gasteiger partial charge on any atom is -0.454 e. The molecule has 0 aliphatic carbocycles. The fraction of sp³-hybridized carbons (Fsp3) is 0.316. The second kappa shape index (κ2) is 7.88. The molecule has 142 valence electrons. The maximum atomic E-state index is 13.6. The summed E-state index contributed by atoms with van der Waals surface area (Å²) in [5.74, 6) is 1.16. The van der Waals surface area contributed by atoms with Gasteiger partial charge in [-0.1, -0.05) is 17.7 Å². The molecule has 1 fully saturated rings. The van der Waals surface area contributed by atoms with Crippen LogP contribution in [0.5, 0.6) is 11.5 Å². The molecular weight excluding hydrogens is 389 g/mol. The van der Waals surface area contributed by atoms with E-state index >= 15 is 0 Å². The van der Waals surface area contributed by atoms with Crippen molar-refractivity contribution in [3.05, 3.63) is 52.8 Å². The van der Waals surface area contributed by atoms with Crippen LogP contribution in [-0.2, 0) is 6.54 Å². The highest BCUT2D eigenvalue weighted by Gasteiger charge is 2.20. The number of nitrogens with zero attached hydrogens (tertiary/aromatic N) is 2. The predicted octanol–water partition coefficient (Wildman–Crippen LogP) is 3.72. The summed E-state index contributed by atoms with van der Waals surface area (Å²) in [6, 6.07) is 10.7. The van der Waals surface area contributed by atoms with Gasteiger partial charge in [0.05, 0.1) is 5.02 Å². The van der Waals surface area contributed by atoms with Gasteiger partial charge in [-0.15, -0.1) is 0 Å². The zero-order chi connectivity index (χ0) is 18.8. The summed E-state index contributed by atoms with van der Waals surface area (Å²) < 4.78 is 24.4. The zero-order valence-electron chi connectivity index (χ0n) is 14.6. The first-order chi connectivity index (χ1) is 13.1. The van der Waals surface area contributed by atoms with Crippen LogP contribution in [0.4, 0.5) is 10.1 Å². The Hall–Kier alpha value is -2.09. The second-order valence-corrected chi connectivity index (χ2v) is 7.30. The van der Waals surface area contributed by atoms with Gasteiger partial charge in [-0.05, 0) is 48.1 Å². The van der Waals surface area contributed by atoms with Gasteiger partial charge < -0.3 is 19.7 Å². The summed E-state index contributed by atoms with van der Waals surface area (Å²) in [5.41, 5.74) is 1.80. The van der Waals surface area contributed by atoms with Gasteiger partial charge in [0.15, 0.2) is 16.6 Å². The van der Waals surface area contributed by atoms with Gasteiger partial charge in [-0.2, -0.15) is 0 Å². The number of rotatable bonds is 3. The van der Waals surface area contributed by atoms with E-state index in [0.717, 1.165) is 44.2 Å². The monoisotopic (exact) mass is 407 g/mol. The lowest BCUT2D eigenvalue weighted by Crippen LogP contribution is -2.49. The van der Waals surface area contributed by atoms with Crippen molar-refractivity contribution < 1.29 is 13.9 Å². The number of thiocarbonyl (C=S) groups is 1. The molecule has 2 aliphatic heterocycles. The van der Waals surface area contributed by atoms with E-state index < -0.39 is 5.82 Å². The fourth-order valence-electron chi connectivity index (χ4n) is 3.18. The van der Waals surface area contributed by atoms with Crippen LogP contribution in [0.25, 0.3) is 0 Å². The number of piperazine rings is 1. The molecule has 2 heterocycles. The summed E-state index contributed by atoms with van der Waals surface area (Å²) in [7, 11) is 0. The molecular formula is C19H19ClFN3O2S. The Bertz CT molecular complexity index is 859. The molecule has 8 heteroatoms. The number of anilines is 1. The number of ether oxygens (including phenoxy) is 2. The van der Waals surface area contributed by atoms with Crippen molar-refractivity contribution in [1.82, 2.24) is 9.80 Å². The third-order valence-electron chi connectivity index (χ3n) is 4.67. The van der Waals surface area contributed by atoms with Gasteiger partial charge >= 0.3 is 0 Å². The molecule has 27 heavy (non-hydrogen) atoms. The van der Waals surface area contributed by atoms with Crippen LogP contribution >= 0.6 is 23.8 Å². The van der Waals surface area contributed by atoms with E-state index in [4.69, 9.17) is 33.3 Å². The minimum atomic E-state index is -0.460. The summed E-state index contributed by atoms with van der Waals surface area (Å²) in [6.45, 7) is 4.56. The molecule has 1 N–H and O–H groups in total. The first kappa shape index (κ1) is 18.3. The lowest BCUT2D eigenvalue weighted by Gasteiger charge is -2.36. The predicted molar refractivity (Wildman–Crippen MR) is 107 cm³/mol. The number of fused-ring (bicyclic) bond motifs is 1. The van der Waals surface area contributed by atoms with E-state index in [2.05, 4.69) is 21.2 Å². The summed E-state index contributed by atoms with van der Waals surface area (Å²) in [4.78, 5) is 4.47. The van der Waals surface area contributed by atoms with Crippen LogP contribution in [0, 0.1) is 5.82 Å². The second-order valence-electron chi connectivity index (χ2n) is 6.51. The smallest absolute Gasteiger partial charge is 0.231 e. The Balaban J connectivity index is 1.29. The standard InChI is InChI=1S/C19H19ClFN3O2S/c20-15-3-2-14(10-16(15)21)22-19(27)24-7-5-23(6-8-24)11-13-1-4-17-18(9-13)26-12-25-17/h1-4,9-10H,5-8,11-12H2,(H,22,27). The van der Waals surface area contributed by atoms with E-state index in [1.54, 1.807) is 6.07 Å². The first-order valence-corrected chi connectivity index (χ1v) is 9.49. The Kier molecular flexibility index (Phi) is 5.33. The minimum absolute atomic E-state index is 0.101. The van der Waals surface area contributed by atoms with Crippen molar-refractivity contribution in [2.45, 2.75) is 6.54 Å². The highest BCUT2D eigenvalue weighted by atomic mass is 35.5. The van der Waals surface area contributed by atoms with Crippen molar-refractivity contribution in [3.8, 4) is 11.5 Å². The van der Waals surface area contributed by atoms with Crippen LogP contribution in [0.3, 0.4) is 0 Å². The Morgan fingerprint density at radius 3 is 2.63 bits per heavy atom. The fourth-order valence-corrected chi connectivity index (χ4v) is 3.60. The molecule has 5 nitrogen and oxygen atoms in total. The quantitative estimate of drug-likeness (QED) is 0.781. The average Bonchev–Trinajstić information content (AvgIpc) is 3.13. The molecule has 0 unspecified atom stereocenters. The highest BCUT2D eigenvalue weighted by Crippen LogP contribution is 2.32. The molecule has 2 aromatic carbocycles. The van der Waals surface area contributed by atoms with Crippen LogP contribution in [0.1, 0.15) is 5.56 Å². The molecule has 0 spiro atoms. The summed E-state index contributed by atoms with van der Waals surface area (Å²) >= 11 is 11.2. The maximum absolute atomic E-state index is 13.6. The van der Waals surface area contributed by atoms with Gasteiger partial charge in [0, 0.05) is 38.4 Å². The van der Waals surface area contributed by atoms with E-state index in [0.29, 0.717) is 17.6 Å². The normalized spacial score (nSPS) is 16.4. The van der Waals surface area contributed by atoms with E-state index in [1.165, 1.54) is 17.7 Å². The number of hydrogen-bond acceptors (Lipinski definition) is 4. The van der Waals surface area contributed by atoms with Crippen molar-refractivity contribution in [2.75, 3.05) is 38.3 Å². The van der Waals surface area contributed by atoms with Crippen molar-refractivity contribution in [1.29, 1.82) is 0 Å². The molecule has 2 aliphatic rings. The van der Waals surface area contributed by atoms with Crippen molar-refractivity contribution >= 4 is 34.6 Å². The molecule has 0 bridgehead atoms. The van der Waals surface area contributed by atoms with Gasteiger partial charge in [-0.25, -0.2) is 4.39 Å². The van der Waals surface area contributed by atoms with E-state index in [1.807, 2.05) is 12.1 Å². The van der Waals surface area contributed by atoms with E-state index in [-0.39, 0.29) is 5.02 Å². The molecule has 2 aromatic rings. The average molecular weight is 408 g/mol. The first-order valence-electron chi connectivity index (χ1n) is 8.70.